The third-order valence-corrected chi connectivity index (χ3v) is 12.6. The molecule has 5 aromatic carbocycles. The van der Waals surface area contributed by atoms with Gasteiger partial charge in [0.1, 0.15) is 32.3 Å². The number of phenolic OH excluding ortho intramolecular Hbond substituents is 4. The van der Waals surface area contributed by atoms with Gasteiger partial charge in [0.2, 0.25) is 0 Å². The van der Waals surface area contributed by atoms with Gasteiger partial charge in [0.25, 0.3) is 0 Å². The quantitative estimate of drug-likeness (QED) is 0.0996. The molecule has 46 heavy (non-hydrogen) atoms. The van der Waals surface area contributed by atoms with Crippen LogP contribution in [0.3, 0.4) is 0 Å². The van der Waals surface area contributed by atoms with Crippen LogP contribution >= 0.6 is 152 Å². The van der Waals surface area contributed by atoms with Crippen molar-refractivity contribution in [3.8, 4) is 34.1 Å². The predicted octanol–water partition coefficient (Wildman–Crippen LogP) is 15.4. The summed E-state index contributed by atoms with van der Waals surface area (Å²) in [6.07, 6.45) is 0. The largest absolute Gasteiger partial charge is 0.507 e. The van der Waals surface area contributed by atoms with E-state index in [-0.39, 0.29) is 62.5 Å². The van der Waals surface area contributed by atoms with Crippen LogP contribution in [0.25, 0.3) is 11.1 Å². The van der Waals surface area contributed by atoms with Crippen molar-refractivity contribution in [3.63, 3.8) is 0 Å². The fourth-order valence-electron chi connectivity index (χ4n) is 3.00. The number of benzene rings is 5. The fourth-order valence-corrected chi connectivity index (χ4v) is 6.20. The first-order valence-electron chi connectivity index (χ1n) is 11.9. The molecule has 5 rings (SSSR count). The van der Waals surface area contributed by atoms with Crippen LogP contribution < -0.4 is 0 Å². The highest BCUT2D eigenvalue weighted by Gasteiger charge is 2.18. The van der Waals surface area contributed by atoms with E-state index in [2.05, 4.69) is 47.8 Å². The summed E-state index contributed by atoms with van der Waals surface area (Å²) in [5.41, 5.74) is 1.92. The lowest BCUT2D eigenvalue weighted by atomic mass is 10.1. The lowest BCUT2D eigenvalue weighted by molar-refractivity contribution is 0.471. The summed E-state index contributed by atoms with van der Waals surface area (Å²) in [6, 6.07) is 21.8. The second-order valence-electron chi connectivity index (χ2n) is 8.32. The predicted molar refractivity (Wildman–Crippen MR) is 206 cm³/mol. The lowest BCUT2D eigenvalue weighted by Gasteiger charge is -2.06. The van der Waals surface area contributed by atoms with Crippen LogP contribution in [-0.4, -0.2) is 20.4 Å². The molecular weight excluding hydrogens is 983 g/mol. The summed E-state index contributed by atoms with van der Waals surface area (Å²) in [5.74, 6) is 0.0209. The molecule has 16 heteroatoms. The zero-order chi connectivity index (χ0) is 34.9. The first-order valence-corrected chi connectivity index (χ1v) is 17.7. The van der Waals surface area contributed by atoms with Gasteiger partial charge in [0.15, 0.2) is 5.75 Å². The molecule has 0 radical (unpaired) electrons. The van der Waals surface area contributed by atoms with E-state index in [9.17, 15) is 10.2 Å². The van der Waals surface area contributed by atoms with Crippen LogP contribution in [-0.2, 0) is 0 Å². The molecule has 5 aromatic rings. The Kier molecular flexibility index (Phi) is 17.6. The number of hydrogen-bond donors (Lipinski definition) is 4. The van der Waals surface area contributed by atoms with E-state index in [0.717, 1.165) is 20.1 Å². The number of aromatic hydroxyl groups is 4. The van der Waals surface area contributed by atoms with Crippen molar-refractivity contribution in [3.05, 3.63) is 131 Å². The molecule has 0 aliphatic heterocycles. The molecule has 0 heterocycles. The van der Waals surface area contributed by atoms with Gasteiger partial charge in [0.05, 0.1) is 34.6 Å². The number of rotatable bonds is 1. The molecule has 0 spiro atoms. The molecule has 0 aliphatic rings. The van der Waals surface area contributed by atoms with E-state index >= 15 is 0 Å². The van der Waals surface area contributed by atoms with Crippen molar-refractivity contribution < 1.29 is 20.4 Å². The molecule has 0 fully saturated rings. The van der Waals surface area contributed by atoms with Crippen LogP contribution in [0.4, 0.5) is 0 Å². The number of halogens is 12. The van der Waals surface area contributed by atoms with Crippen molar-refractivity contribution in [1.82, 2.24) is 0 Å². The van der Waals surface area contributed by atoms with E-state index in [1.165, 1.54) is 6.07 Å². The molecular formula is C30H16Br3Cl9O4. The van der Waals surface area contributed by atoms with Gasteiger partial charge in [-0.3, -0.25) is 0 Å². The van der Waals surface area contributed by atoms with Crippen LogP contribution in [0.2, 0.25) is 45.2 Å². The Hall–Kier alpha value is -0.650. The summed E-state index contributed by atoms with van der Waals surface area (Å²) >= 11 is 59.9. The maximum atomic E-state index is 9.56. The standard InChI is InChI=1S/C12H10O.C6H3Br3O.C6HCl5O.C6H2Cl4O/c13-12-9-5-4-8-11(12)10-6-2-1-3-7-10;7-3-1-2-4(10)6(9)5(3)8;7-1-2(8)4(10)6(12)5(11)3(1)9;7-2-1-3(11)5(9)6(10)4(2)8/h1-9,13H;1-2,10H;12H;1,11H. The molecule has 0 aromatic heterocycles. The van der Waals surface area contributed by atoms with Crippen LogP contribution in [0.5, 0.6) is 23.0 Å². The Balaban J connectivity index is 0.000000215. The van der Waals surface area contributed by atoms with Crippen molar-refractivity contribution in [2.45, 2.75) is 0 Å². The third kappa shape index (κ3) is 11.2. The van der Waals surface area contributed by atoms with E-state index in [1.54, 1.807) is 18.2 Å². The minimum Gasteiger partial charge on any atom is -0.507 e. The molecule has 0 aliphatic carbocycles. The molecule has 4 nitrogen and oxygen atoms in total. The van der Waals surface area contributed by atoms with E-state index in [1.807, 2.05) is 48.5 Å². The van der Waals surface area contributed by atoms with Gasteiger partial charge < -0.3 is 20.4 Å². The van der Waals surface area contributed by atoms with Gasteiger partial charge in [0, 0.05) is 20.6 Å². The van der Waals surface area contributed by atoms with Crippen molar-refractivity contribution in [1.29, 1.82) is 0 Å². The summed E-state index contributed by atoms with van der Waals surface area (Å²) in [4.78, 5) is 0. The van der Waals surface area contributed by atoms with Gasteiger partial charge in [-0.1, -0.05) is 153 Å². The molecule has 0 atom stereocenters. The van der Waals surface area contributed by atoms with E-state index < -0.39 is 0 Å². The Morgan fingerprint density at radius 2 is 0.891 bits per heavy atom. The third-order valence-electron chi connectivity index (χ3n) is 5.27. The Morgan fingerprint density at radius 3 is 1.41 bits per heavy atom. The normalized spacial score (nSPS) is 10.1. The van der Waals surface area contributed by atoms with Gasteiger partial charge in [-0.05, 0) is 71.6 Å². The summed E-state index contributed by atoms with van der Waals surface area (Å²) in [5, 5.41) is 37.2. The van der Waals surface area contributed by atoms with Crippen LogP contribution in [0.15, 0.2) is 86.2 Å². The number of hydrogen-bond acceptors (Lipinski definition) is 4. The van der Waals surface area contributed by atoms with Crippen molar-refractivity contribution in [2.75, 3.05) is 0 Å². The average Bonchev–Trinajstić information content (AvgIpc) is 3.06. The van der Waals surface area contributed by atoms with E-state index in [4.69, 9.17) is 115 Å². The first kappa shape index (κ1) is 41.5. The second-order valence-corrected chi connectivity index (χ2v) is 14.2. The summed E-state index contributed by atoms with van der Waals surface area (Å²) in [6.45, 7) is 0. The highest BCUT2D eigenvalue weighted by atomic mass is 79.9. The highest BCUT2D eigenvalue weighted by molar-refractivity contribution is 9.14. The highest BCUT2D eigenvalue weighted by Crippen LogP contribution is 2.47. The minimum atomic E-state index is -0.363. The fraction of sp³-hybridized carbons (Fsp3) is 0. The molecule has 0 saturated carbocycles. The van der Waals surface area contributed by atoms with Gasteiger partial charge in [-0.2, -0.15) is 0 Å². The van der Waals surface area contributed by atoms with Crippen LogP contribution in [0.1, 0.15) is 0 Å². The maximum Gasteiger partial charge on any atom is 0.155 e. The molecule has 0 saturated heterocycles. The number of para-hydroxylation sites is 1. The molecule has 244 valence electrons. The molecule has 4 N–H and O–H groups in total. The Morgan fingerprint density at radius 1 is 0.413 bits per heavy atom. The second kappa shape index (κ2) is 19.5. The zero-order valence-corrected chi connectivity index (χ0v) is 33.8. The Bertz CT molecular complexity index is 1670. The summed E-state index contributed by atoms with van der Waals surface area (Å²) < 4.78 is 2.41. The van der Waals surface area contributed by atoms with Crippen LogP contribution in [0, 0.1) is 0 Å². The Labute approximate surface area is 334 Å². The molecule has 0 bridgehead atoms. The lowest BCUT2D eigenvalue weighted by Crippen LogP contribution is -1.78. The molecule has 0 unspecified atom stereocenters. The zero-order valence-electron chi connectivity index (χ0n) is 22.3. The topological polar surface area (TPSA) is 80.9 Å². The average molecular weight is 999 g/mol. The van der Waals surface area contributed by atoms with Gasteiger partial charge in [-0.25, -0.2) is 0 Å². The van der Waals surface area contributed by atoms with E-state index in [0.29, 0.717) is 10.2 Å². The first-order chi connectivity index (χ1) is 21.5. The smallest absolute Gasteiger partial charge is 0.155 e. The molecule has 0 amide bonds. The van der Waals surface area contributed by atoms with Gasteiger partial charge in [-0.15, -0.1) is 0 Å². The maximum absolute atomic E-state index is 9.56. The SMILES string of the molecule is Oc1c(Cl)c(Cl)c(Cl)c(Cl)c1Cl.Oc1cc(Cl)c(Cl)c(Cl)c1Cl.Oc1ccc(Br)c(Br)c1Br.Oc1ccccc1-c1ccccc1. The van der Waals surface area contributed by atoms with Gasteiger partial charge >= 0.3 is 0 Å². The van der Waals surface area contributed by atoms with Crippen molar-refractivity contribution >= 4 is 152 Å². The summed E-state index contributed by atoms with van der Waals surface area (Å²) in [7, 11) is 0. The monoisotopic (exact) mass is 992 g/mol. The minimum absolute atomic E-state index is 0.00904. The van der Waals surface area contributed by atoms with Crippen molar-refractivity contribution in [2.24, 2.45) is 0 Å². The number of phenols is 4.